The van der Waals surface area contributed by atoms with Crippen LogP contribution in [0.25, 0.3) is 10.8 Å². The van der Waals surface area contributed by atoms with E-state index in [2.05, 4.69) is 84.9 Å². The SMILES string of the molecule is CCCCC(C)N1c2ccc(Cn3ccc(C4CCN(C)CC4)n3)c3cccc(c23)C1C. The third-order valence-electron chi connectivity index (χ3n) is 7.87. The van der Waals surface area contributed by atoms with E-state index in [4.69, 9.17) is 5.10 Å². The summed E-state index contributed by atoms with van der Waals surface area (Å²) in [6.45, 7) is 10.3. The Morgan fingerprint density at radius 2 is 1.91 bits per heavy atom. The van der Waals surface area contributed by atoms with Crippen molar-refractivity contribution in [3.63, 3.8) is 0 Å². The number of anilines is 1. The topological polar surface area (TPSA) is 24.3 Å². The van der Waals surface area contributed by atoms with Crippen LogP contribution < -0.4 is 4.90 Å². The van der Waals surface area contributed by atoms with E-state index in [0.29, 0.717) is 18.0 Å². The number of rotatable bonds is 7. The molecule has 3 heterocycles. The van der Waals surface area contributed by atoms with Gasteiger partial charge in [-0.25, -0.2) is 0 Å². The Bertz CT molecular complexity index is 1080. The van der Waals surface area contributed by atoms with Crippen molar-refractivity contribution < 1.29 is 0 Å². The van der Waals surface area contributed by atoms with Gasteiger partial charge in [0, 0.05) is 29.2 Å². The maximum absolute atomic E-state index is 5.00. The Morgan fingerprint density at radius 1 is 1.09 bits per heavy atom. The van der Waals surface area contributed by atoms with Gasteiger partial charge in [-0.3, -0.25) is 4.68 Å². The van der Waals surface area contributed by atoms with Gasteiger partial charge in [-0.1, -0.05) is 44.0 Å². The molecule has 0 bridgehead atoms. The summed E-state index contributed by atoms with van der Waals surface area (Å²) in [5.74, 6) is 0.610. The molecule has 0 radical (unpaired) electrons. The van der Waals surface area contributed by atoms with E-state index in [1.165, 1.54) is 78.5 Å². The van der Waals surface area contributed by atoms with Crippen LogP contribution in [0.15, 0.2) is 42.6 Å². The Kier molecular flexibility index (Phi) is 5.98. The molecule has 32 heavy (non-hydrogen) atoms. The van der Waals surface area contributed by atoms with Crippen molar-refractivity contribution in [1.29, 1.82) is 0 Å². The molecule has 170 valence electrons. The molecule has 5 rings (SSSR count). The second-order valence-corrected chi connectivity index (χ2v) is 10.1. The number of aromatic nitrogens is 2. The summed E-state index contributed by atoms with van der Waals surface area (Å²) >= 11 is 0. The number of hydrogen-bond acceptors (Lipinski definition) is 3. The highest BCUT2D eigenvalue weighted by Gasteiger charge is 2.31. The molecule has 0 spiro atoms. The maximum atomic E-state index is 5.00. The van der Waals surface area contributed by atoms with E-state index < -0.39 is 0 Å². The first-order valence-electron chi connectivity index (χ1n) is 12.6. The minimum Gasteiger partial charge on any atom is -0.362 e. The van der Waals surface area contributed by atoms with Gasteiger partial charge < -0.3 is 9.80 Å². The van der Waals surface area contributed by atoms with Gasteiger partial charge in [0.2, 0.25) is 0 Å². The Hall–Kier alpha value is -2.33. The molecular formula is C28H38N4. The van der Waals surface area contributed by atoms with Crippen LogP contribution in [-0.4, -0.2) is 40.9 Å². The molecule has 4 heteroatoms. The van der Waals surface area contributed by atoms with Crippen molar-refractivity contribution in [1.82, 2.24) is 14.7 Å². The zero-order valence-electron chi connectivity index (χ0n) is 20.2. The zero-order valence-corrected chi connectivity index (χ0v) is 20.2. The summed E-state index contributed by atoms with van der Waals surface area (Å²) in [6, 6.07) is 14.9. The molecule has 0 aliphatic carbocycles. The molecule has 0 saturated carbocycles. The molecule has 3 aromatic rings. The largest absolute Gasteiger partial charge is 0.362 e. The van der Waals surface area contributed by atoms with Gasteiger partial charge in [0.15, 0.2) is 0 Å². The molecule has 2 aromatic carbocycles. The van der Waals surface area contributed by atoms with Gasteiger partial charge in [0.05, 0.1) is 18.3 Å². The number of benzene rings is 2. The number of piperidine rings is 1. The second kappa shape index (κ2) is 8.90. The van der Waals surface area contributed by atoms with E-state index in [1.54, 1.807) is 0 Å². The van der Waals surface area contributed by atoms with Crippen LogP contribution in [-0.2, 0) is 6.54 Å². The van der Waals surface area contributed by atoms with Gasteiger partial charge in [-0.2, -0.15) is 5.10 Å². The molecule has 2 unspecified atom stereocenters. The van der Waals surface area contributed by atoms with Crippen molar-refractivity contribution in [2.75, 3.05) is 25.0 Å². The summed E-state index contributed by atoms with van der Waals surface area (Å²) in [6.07, 6.45) is 8.43. The fourth-order valence-corrected chi connectivity index (χ4v) is 5.96. The molecule has 0 amide bonds. The van der Waals surface area contributed by atoms with Crippen molar-refractivity contribution in [2.24, 2.45) is 0 Å². The average molecular weight is 431 g/mol. The molecule has 2 atom stereocenters. The number of unbranched alkanes of at least 4 members (excludes halogenated alkanes) is 1. The average Bonchev–Trinajstić information content (AvgIpc) is 3.38. The lowest BCUT2D eigenvalue weighted by Gasteiger charge is -2.32. The third kappa shape index (κ3) is 3.83. The van der Waals surface area contributed by atoms with E-state index in [9.17, 15) is 0 Å². The van der Waals surface area contributed by atoms with Gasteiger partial charge in [0.1, 0.15) is 0 Å². The Balaban J connectivity index is 1.42. The Morgan fingerprint density at radius 3 is 2.69 bits per heavy atom. The molecule has 1 fully saturated rings. The van der Waals surface area contributed by atoms with Crippen LogP contribution in [0.2, 0.25) is 0 Å². The van der Waals surface area contributed by atoms with Crippen LogP contribution in [0.4, 0.5) is 5.69 Å². The van der Waals surface area contributed by atoms with Gasteiger partial charge in [-0.05, 0) is 81.9 Å². The van der Waals surface area contributed by atoms with Gasteiger partial charge in [0.25, 0.3) is 0 Å². The lowest BCUT2D eigenvalue weighted by Crippen LogP contribution is -2.32. The fourth-order valence-electron chi connectivity index (χ4n) is 5.96. The highest BCUT2D eigenvalue weighted by Crippen LogP contribution is 2.46. The standard InChI is InChI=1S/C28H38N4/c1-5-6-8-20(2)32-21(3)24-9-7-10-25-23(11-12-27(32)28(24)25)19-31-18-15-26(29-31)22-13-16-30(4)17-14-22/h7,9-12,15,18,20-22H,5-6,8,13-14,16-17,19H2,1-4H3. The van der Waals surface area contributed by atoms with Crippen molar-refractivity contribution >= 4 is 16.5 Å². The van der Waals surface area contributed by atoms with Gasteiger partial charge >= 0.3 is 0 Å². The summed E-state index contributed by atoms with van der Waals surface area (Å²) < 4.78 is 2.15. The highest BCUT2D eigenvalue weighted by atomic mass is 15.3. The monoisotopic (exact) mass is 430 g/mol. The summed E-state index contributed by atoms with van der Waals surface area (Å²) in [5.41, 5.74) is 5.55. The van der Waals surface area contributed by atoms with E-state index in [0.717, 1.165) is 6.54 Å². The van der Waals surface area contributed by atoms with Crippen molar-refractivity contribution in [3.05, 3.63) is 59.4 Å². The Labute approximate surface area is 193 Å². The predicted molar refractivity (Wildman–Crippen MR) is 135 cm³/mol. The first kappa shape index (κ1) is 21.5. The van der Waals surface area contributed by atoms with E-state index in [1.807, 2.05) is 0 Å². The first-order valence-corrected chi connectivity index (χ1v) is 12.6. The number of nitrogens with zero attached hydrogens (tertiary/aromatic N) is 4. The van der Waals surface area contributed by atoms with Crippen LogP contribution in [0, 0.1) is 0 Å². The lowest BCUT2D eigenvalue weighted by atomic mass is 9.94. The van der Waals surface area contributed by atoms with Crippen LogP contribution in [0.5, 0.6) is 0 Å². The predicted octanol–water partition coefficient (Wildman–Crippen LogP) is 6.35. The zero-order chi connectivity index (χ0) is 22.2. The van der Waals surface area contributed by atoms with Crippen LogP contribution in [0.3, 0.4) is 0 Å². The fraction of sp³-hybridized carbons (Fsp3) is 0.536. The molecular weight excluding hydrogens is 392 g/mol. The molecule has 2 aliphatic rings. The summed E-state index contributed by atoms with van der Waals surface area (Å²) in [4.78, 5) is 5.08. The van der Waals surface area contributed by atoms with Gasteiger partial charge in [-0.15, -0.1) is 0 Å². The smallest absolute Gasteiger partial charge is 0.0665 e. The number of hydrogen-bond donors (Lipinski definition) is 0. The number of likely N-dealkylation sites (tertiary alicyclic amines) is 1. The molecule has 2 aliphatic heterocycles. The lowest BCUT2D eigenvalue weighted by molar-refractivity contribution is 0.253. The van der Waals surface area contributed by atoms with Crippen LogP contribution >= 0.6 is 0 Å². The van der Waals surface area contributed by atoms with Crippen LogP contribution in [0.1, 0.15) is 81.7 Å². The summed E-state index contributed by atoms with van der Waals surface area (Å²) in [5, 5.41) is 7.86. The third-order valence-corrected chi connectivity index (χ3v) is 7.87. The van der Waals surface area contributed by atoms with Crippen molar-refractivity contribution in [3.8, 4) is 0 Å². The quantitative estimate of drug-likeness (QED) is 0.436. The van der Waals surface area contributed by atoms with E-state index >= 15 is 0 Å². The maximum Gasteiger partial charge on any atom is 0.0665 e. The molecule has 4 nitrogen and oxygen atoms in total. The summed E-state index contributed by atoms with van der Waals surface area (Å²) in [7, 11) is 2.22. The molecule has 1 aromatic heterocycles. The minimum absolute atomic E-state index is 0.441. The second-order valence-electron chi connectivity index (χ2n) is 10.1. The minimum atomic E-state index is 0.441. The highest BCUT2D eigenvalue weighted by molar-refractivity contribution is 6.02. The van der Waals surface area contributed by atoms with Crippen molar-refractivity contribution in [2.45, 2.75) is 77.4 Å². The molecule has 0 N–H and O–H groups in total. The van der Waals surface area contributed by atoms with E-state index in [-0.39, 0.29) is 0 Å². The molecule has 1 saturated heterocycles. The normalized spacial score (nSPS) is 20.4. The first-order chi connectivity index (χ1) is 15.6.